The summed E-state index contributed by atoms with van der Waals surface area (Å²) in [5, 5.41) is 16.6. The van der Waals surface area contributed by atoms with Gasteiger partial charge >= 0.3 is 0 Å². The summed E-state index contributed by atoms with van der Waals surface area (Å²) in [4.78, 5) is 44.0. The second-order valence-corrected chi connectivity index (χ2v) is 15.7. The molecule has 6 atom stereocenters. The van der Waals surface area contributed by atoms with Crippen LogP contribution in [-0.4, -0.2) is 68.1 Å². The SMILES string of the molecule is CCOc1ccc(NC(=O)[C@@H]2[C@H]3C(=O)N([C@@H](CC)CO)C(C(=O)NC(C)(C)CC(C)(C)C)C34CC[C@@]2(C)S4)cc1. The Balaban J connectivity index is 1.68. The van der Waals surface area contributed by atoms with Gasteiger partial charge in [0, 0.05) is 16.0 Å². The highest BCUT2D eigenvalue weighted by Gasteiger charge is 2.77. The lowest BCUT2D eigenvalue weighted by Gasteiger charge is -2.40. The number of aliphatic hydroxyl groups excluding tert-OH is 1. The fourth-order valence-corrected chi connectivity index (χ4v) is 10.0. The first-order valence-corrected chi connectivity index (χ1v) is 15.4. The lowest BCUT2D eigenvalue weighted by Crippen LogP contribution is -2.60. The molecular weight excluding hydrogens is 526 g/mol. The number of carbonyl (C=O) groups excluding carboxylic acids is 3. The molecule has 3 heterocycles. The Hall–Kier alpha value is -2.26. The van der Waals surface area contributed by atoms with Crippen LogP contribution in [0.4, 0.5) is 5.69 Å². The third-order valence-corrected chi connectivity index (χ3v) is 10.7. The van der Waals surface area contributed by atoms with E-state index in [4.69, 9.17) is 4.74 Å². The maximum absolute atomic E-state index is 14.3. The van der Waals surface area contributed by atoms with Crippen LogP contribution in [-0.2, 0) is 14.4 Å². The van der Waals surface area contributed by atoms with E-state index < -0.39 is 39.0 Å². The molecule has 0 aromatic heterocycles. The zero-order chi connectivity index (χ0) is 29.7. The summed E-state index contributed by atoms with van der Waals surface area (Å²) in [5.41, 5.74) is 0.147. The van der Waals surface area contributed by atoms with Crippen LogP contribution >= 0.6 is 11.8 Å². The molecule has 3 aliphatic heterocycles. The molecule has 3 aliphatic rings. The normalized spacial score (nSPS) is 30.3. The third-order valence-electron chi connectivity index (χ3n) is 8.69. The van der Waals surface area contributed by atoms with E-state index >= 15 is 0 Å². The molecule has 8 nitrogen and oxygen atoms in total. The molecule has 222 valence electrons. The van der Waals surface area contributed by atoms with Gasteiger partial charge in [-0.2, -0.15) is 0 Å². The highest BCUT2D eigenvalue weighted by molar-refractivity contribution is 8.02. The van der Waals surface area contributed by atoms with E-state index in [2.05, 4.69) is 38.3 Å². The molecule has 4 rings (SSSR count). The summed E-state index contributed by atoms with van der Waals surface area (Å²) in [5.74, 6) is -1.10. The molecule has 3 N–H and O–H groups in total. The Bertz CT molecular complexity index is 1130. The van der Waals surface area contributed by atoms with Gasteiger partial charge in [0.15, 0.2) is 0 Å². The van der Waals surface area contributed by atoms with E-state index in [0.29, 0.717) is 25.1 Å². The van der Waals surface area contributed by atoms with Crippen molar-refractivity contribution in [1.82, 2.24) is 10.2 Å². The van der Waals surface area contributed by atoms with Crippen molar-refractivity contribution < 1.29 is 24.2 Å². The zero-order valence-electron chi connectivity index (χ0n) is 25.3. The van der Waals surface area contributed by atoms with Gasteiger partial charge < -0.3 is 25.4 Å². The van der Waals surface area contributed by atoms with Crippen molar-refractivity contribution in [2.45, 2.75) is 108 Å². The van der Waals surface area contributed by atoms with Gasteiger partial charge in [0.05, 0.1) is 35.8 Å². The van der Waals surface area contributed by atoms with Crippen LogP contribution in [0.25, 0.3) is 0 Å². The smallest absolute Gasteiger partial charge is 0.244 e. The molecule has 0 saturated carbocycles. The number of fused-ring (bicyclic) bond motifs is 1. The number of nitrogens with one attached hydrogen (secondary N) is 2. The minimum atomic E-state index is -0.753. The number of rotatable bonds is 10. The number of thioether (sulfide) groups is 1. The molecule has 2 bridgehead atoms. The Morgan fingerprint density at radius 3 is 2.33 bits per heavy atom. The van der Waals surface area contributed by atoms with Crippen molar-refractivity contribution in [3.05, 3.63) is 24.3 Å². The van der Waals surface area contributed by atoms with Crippen molar-refractivity contribution in [3.8, 4) is 5.75 Å². The first-order chi connectivity index (χ1) is 18.6. The van der Waals surface area contributed by atoms with E-state index in [1.54, 1.807) is 28.8 Å². The van der Waals surface area contributed by atoms with Gasteiger partial charge in [0.2, 0.25) is 17.7 Å². The summed E-state index contributed by atoms with van der Waals surface area (Å²) in [6.07, 6.45) is 2.69. The standard InChI is InChI=1S/C31H47N3O5S/c1-9-20(17-35)34-24(26(37)33-29(6,7)18-28(3,4)5)31-16-15-30(8,40-31)22(23(31)27(34)38)25(36)32-19-11-13-21(14-12-19)39-10-2/h11-14,20,22-24,35H,9-10,15-18H2,1-8H3,(H,32,36)(H,33,37)/t20-,22-,23-,24?,30+,31?/m0/s1. The molecule has 0 radical (unpaired) electrons. The Morgan fingerprint density at radius 1 is 1.12 bits per heavy atom. The molecule has 1 aromatic carbocycles. The van der Waals surface area contributed by atoms with Crippen molar-refractivity contribution in [2.75, 3.05) is 18.5 Å². The fourth-order valence-electron chi connectivity index (χ4n) is 7.66. The van der Waals surface area contributed by atoms with Crippen LogP contribution in [0.15, 0.2) is 24.3 Å². The second kappa shape index (κ2) is 10.9. The van der Waals surface area contributed by atoms with Crippen LogP contribution in [0.3, 0.4) is 0 Å². The van der Waals surface area contributed by atoms with E-state index in [1.165, 1.54) is 0 Å². The largest absolute Gasteiger partial charge is 0.494 e. The topological polar surface area (TPSA) is 108 Å². The fraction of sp³-hybridized carbons (Fsp3) is 0.710. The average Bonchev–Trinajstić information content (AvgIpc) is 3.40. The van der Waals surface area contributed by atoms with Gasteiger partial charge in [0.25, 0.3) is 0 Å². The molecular formula is C31H47N3O5S. The van der Waals surface area contributed by atoms with Crippen molar-refractivity contribution >= 4 is 35.2 Å². The summed E-state index contributed by atoms with van der Waals surface area (Å²) < 4.78 is 4.32. The molecule has 9 heteroatoms. The van der Waals surface area contributed by atoms with Crippen LogP contribution in [0, 0.1) is 17.3 Å². The summed E-state index contributed by atoms with van der Waals surface area (Å²) in [6.45, 7) is 16.7. The average molecular weight is 574 g/mol. The van der Waals surface area contributed by atoms with Crippen molar-refractivity contribution in [3.63, 3.8) is 0 Å². The van der Waals surface area contributed by atoms with E-state index in [1.807, 2.05) is 39.8 Å². The minimum Gasteiger partial charge on any atom is -0.494 e. The van der Waals surface area contributed by atoms with E-state index in [9.17, 15) is 19.5 Å². The molecule has 3 fully saturated rings. The first-order valence-electron chi connectivity index (χ1n) is 14.6. The number of hydrogen-bond donors (Lipinski definition) is 3. The number of amides is 3. The van der Waals surface area contributed by atoms with Crippen LogP contribution in [0.5, 0.6) is 5.75 Å². The van der Waals surface area contributed by atoms with Gasteiger partial charge in [-0.15, -0.1) is 11.8 Å². The Morgan fingerprint density at radius 2 is 1.77 bits per heavy atom. The number of nitrogens with zero attached hydrogens (tertiary/aromatic N) is 1. The predicted octanol–water partition coefficient (Wildman–Crippen LogP) is 4.61. The molecule has 40 heavy (non-hydrogen) atoms. The number of benzene rings is 1. The number of aliphatic hydroxyl groups is 1. The molecule has 2 unspecified atom stereocenters. The molecule has 1 spiro atoms. The van der Waals surface area contributed by atoms with Gasteiger partial charge in [-0.05, 0) is 83.1 Å². The quantitative estimate of drug-likeness (QED) is 0.377. The van der Waals surface area contributed by atoms with E-state index in [-0.39, 0.29) is 29.7 Å². The minimum absolute atomic E-state index is 0.00206. The van der Waals surface area contributed by atoms with Gasteiger partial charge in [-0.1, -0.05) is 27.7 Å². The molecule has 3 amide bonds. The summed E-state index contributed by atoms with van der Waals surface area (Å²) in [6, 6.07) is 5.99. The van der Waals surface area contributed by atoms with Crippen LogP contribution < -0.4 is 15.4 Å². The number of anilines is 1. The van der Waals surface area contributed by atoms with Gasteiger partial charge in [0.1, 0.15) is 11.8 Å². The second-order valence-electron chi connectivity index (χ2n) is 13.8. The lowest BCUT2D eigenvalue weighted by atomic mass is 9.66. The number of hydrogen-bond acceptors (Lipinski definition) is 6. The monoisotopic (exact) mass is 573 g/mol. The Labute approximate surface area is 243 Å². The van der Waals surface area contributed by atoms with Gasteiger partial charge in [-0.3, -0.25) is 14.4 Å². The summed E-state index contributed by atoms with van der Waals surface area (Å²) >= 11 is 1.64. The molecule has 0 aliphatic carbocycles. The number of ether oxygens (including phenoxy) is 1. The lowest BCUT2D eigenvalue weighted by molar-refractivity contribution is -0.143. The maximum atomic E-state index is 14.3. The predicted molar refractivity (Wildman–Crippen MR) is 159 cm³/mol. The zero-order valence-corrected chi connectivity index (χ0v) is 26.1. The third kappa shape index (κ3) is 5.48. The van der Waals surface area contributed by atoms with Gasteiger partial charge in [-0.25, -0.2) is 0 Å². The number of carbonyl (C=O) groups is 3. The maximum Gasteiger partial charge on any atom is 0.244 e. The highest BCUT2D eigenvalue weighted by Crippen LogP contribution is 2.71. The first kappa shape index (κ1) is 30.7. The van der Waals surface area contributed by atoms with Crippen LogP contribution in [0.1, 0.15) is 81.1 Å². The summed E-state index contributed by atoms with van der Waals surface area (Å²) in [7, 11) is 0. The van der Waals surface area contributed by atoms with Crippen molar-refractivity contribution in [1.29, 1.82) is 0 Å². The Kier molecular flexibility index (Phi) is 8.33. The van der Waals surface area contributed by atoms with Crippen molar-refractivity contribution in [2.24, 2.45) is 17.3 Å². The number of likely N-dealkylation sites (tertiary alicyclic amines) is 1. The molecule has 1 aromatic rings. The molecule has 3 saturated heterocycles. The van der Waals surface area contributed by atoms with Crippen LogP contribution in [0.2, 0.25) is 0 Å². The van der Waals surface area contributed by atoms with E-state index in [0.717, 1.165) is 18.6 Å². The highest BCUT2D eigenvalue weighted by atomic mass is 32.2.